The SMILES string of the molecule is Cc1cc(Cl)ccc1NC(=O)CCCN1C(=O)C2CCC(C)(C1=O)C2(C)C. The highest BCUT2D eigenvalue weighted by molar-refractivity contribution is 6.30. The lowest BCUT2D eigenvalue weighted by Crippen LogP contribution is -2.59. The third-order valence-corrected chi connectivity index (χ3v) is 6.99. The number of imide groups is 1. The number of amides is 3. The van der Waals surface area contributed by atoms with Crippen molar-refractivity contribution in [1.82, 2.24) is 4.90 Å². The number of fused-ring (bicyclic) bond motifs is 2. The first-order valence-corrected chi connectivity index (χ1v) is 9.87. The maximum Gasteiger partial charge on any atom is 0.235 e. The minimum atomic E-state index is -0.492. The minimum absolute atomic E-state index is 0.0751. The van der Waals surface area contributed by atoms with Crippen LogP contribution in [0.3, 0.4) is 0 Å². The number of likely N-dealkylation sites (tertiary alicyclic amines) is 1. The number of hydrogen-bond donors (Lipinski definition) is 1. The van der Waals surface area contributed by atoms with E-state index < -0.39 is 5.41 Å². The molecule has 1 heterocycles. The molecule has 27 heavy (non-hydrogen) atoms. The van der Waals surface area contributed by atoms with E-state index in [9.17, 15) is 14.4 Å². The van der Waals surface area contributed by atoms with Gasteiger partial charge in [-0.2, -0.15) is 0 Å². The van der Waals surface area contributed by atoms with Crippen LogP contribution in [0.25, 0.3) is 0 Å². The van der Waals surface area contributed by atoms with E-state index in [-0.39, 0.29) is 35.5 Å². The van der Waals surface area contributed by atoms with Crippen molar-refractivity contribution in [3.05, 3.63) is 28.8 Å². The first-order valence-electron chi connectivity index (χ1n) is 9.50. The Morgan fingerprint density at radius 1 is 1.30 bits per heavy atom. The molecule has 1 aliphatic heterocycles. The van der Waals surface area contributed by atoms with Crippen molar-refractivity contribution in [2.45, 2.75) is 53.4 Å². The highest BCUT2D eigenvalue weighted by Gasteiger charge is 2.64. The molecular formula is C21H27ClN2O3. The van der Waals surface area contributed by atoms with E-state index in [0.717, 1.165) is 24.1 Å². The van der Waals surface area contributed by atoms with Crippen LogP contribution in [0, 0.1) is 23.7 Å². The molecule has 0 radical (unpaired) electrons. The Balaban J connectivity index is 1.58. The number of carbonyl (C=O) groups is 3. The van der Waals surface area contributed by atoms with Crippen molar-refractivity contribution in [2.75, 3.05) is 11.9 Å². The molecule has 5 nitrogen and oxygen atoms in total. The number of halogens is 1. The largest absolute Gasteiger partial charge is 0.326 e. The topological polar surface area (TPSA) is 66.5 Å². The first-order chi connectivity index (χ1) is 12.6. The van der Waals surface area contributed by atoms with Gasteiger partial charge in [-0.15, -0.1) is 0 Å². The summed E-state index contributed by atoms with van der Waals surface area (Å²) in [5, 5.41) is 3.49. The molecule has 2 aliphatic rings. The number of hydrogen-bond acceptors (Lipinski definition) is 3. The van der Waals surface area contributed by atoms with Gasteiger partial charge >= 0.3 is 0 Å². The summed E-state index contributed by atoms with van der Waals surface area (Å²) < 4.78 is 0. The van der Waals surface area contributed by atoms with Crippen LogP contribution in [-0.2, 0) is 14.4 Å². The third kappa shape index (κ3) is 3.27. The van der Waals surface area contributed by atoms with Crippen molar-refractivity contribution in [2.24, 2.45) is 16.7 Å². The molecule has 6 heteroatoms. The van der Waals surface area contributed by atoms with Crippen molar-refractivity contribution in [1.29, 1.82) is 0 Å². The number of aryl methyl sites for hydroxylation is 1. The van der Waals surface area contributed by atoms with Crippen molar-refractivity contribution in [3.8, 4) is 0 Å². The molecule has 2 atom stereocenters. The molecule has 2 unspecified atom stereocenters. The summed E-state index contributed by atoms with van der Waals surface area (Å²) in [6.07, 6.45) is 2.23. The van der Waals surface area contributed by atoms with Crippen LogP contribution in [0.4, 0.5) is 5.69 Å². The van der Waals surface area contributed by atoms with Gasteiger partial charge in [0.1, 0.15) is 0 Å². The van der Waals surface area contributed by atoms with Crippen LogP contribution in [0.2, 0.25) is 5.02 Å². The molecule has 146 valence electrons. The number of anilines is 1. The van der Waals surface area contributed by atoms with Crippen LogP contribution in [0.5, 0.6) is 0 Å². The summed E-state index contributed by atoms with van der Waals surface area (Å²) in [5.41, 5.74) is 0.820. The number of benzene rings is 1. The smallest absolute Gasteiger partial charge is 0.235 e. The van der Waals surface area contributed by atoms with E-state index >= 15 is 0 Å². The van der Waals surface area contributed by atoms with Crippen LogP contribution in [0.1, 0.15) is 52.0 Å². The fraction of sp³-hybridized carbons (Fsp3) is 0.571. The van der Waals surface area contributed by atoms with Gasteiger partial charge in [0.2, 0.25) is 17.7 Å². The Kier molecular flexibility index (Phi) is 5.10. The Labute approximate surface area is 165 Å². The molecule has 0 spiro atoms. The molecule has 1 saturated heterocycles. The van der Waals surface area contributed by atoms with E-state index in [1.165, 1.54) is 4.90 Å². The predicted molar refractivity (Wildman–Crippen MR) is 105 cm³/mol. The van der Waals surface area contributed by atoms with Gasteiger partial charge in [0.25, 0.3) is 0 Å². The van der Waals surface area contributed by atoms with Crippen LogP contribution >= 0.6 is 11.6 Å². The summed E-state index contributed by atoms with van der Waals surface area (Å²) in [4.78, 5) is 39.4. The number of nitrogens with one attached hydrogen (secondary N) is 1. The second kappa shape index (κ2) is 6.93. The van der Waals surface area contributed by atoms with Crippen LogP contribution < -0.4 is 5.32 Å². The van der Waals surface area contributed by atoms with Gasteiger partial charge in [-0.3, -0.25) is 19.3 Å². The molecule has 2 fully saturated rings. The molecule has 3 rings (SSSR count). The van der Waals surface area contributed by atoms with Gasteiger partial charge in [-0.25, -0.2) is 0 Å². The molecular weight excluding hydrogens is 364 g/mol. The van der Waals surface area contributed by atoms with Gasteiger partial charge in [0.15, 0.2) is 0 Å². The molecule has 2 bridgehead atoms. The zero-order valence-corrected chi connectivity index (χ0v) is 17.2. The highest BCUT2D eigenvalue weighted by Crippen LogP contribution is 2.60. The second-order valence-corrected chi connectivity index (χ2v) is 8.99. The van der Waals surface area contributed by atoms with E-state index in [4.69, 9.17) is 11.6 Å². The zero-order chi connectivity index (χ0) is 20.0. The fourth-order valence-electron chi connectivity index (χ4n) is 4.49. The summed E-state index contributed by atoms with van der Waals surface area (Å²) >= 11 is 5.93. The third-order valence-electron chi connectivity index (χ3n) is 6.76. The average Bonchev–Trinajstić information content (AvgIpc) is 2.77. The maximum atomic E-state index is 13.0. The zero-order valence-electron chi connectivity index (χ0n) is 16.4. The van der Waals surface area contributed by atoms with Crippen molar-refractivity contribution >= 4 is 35.0 Å². The summed E-state index contributed by atoms with van der Waals surface area (Å²) in [7, 11) is 0. The average molecular weight is 391 g/mol. The maximum absolute atomic E-state index is 13.0. The van der Waals surface area contributed by atoms with Crippen LogP contribution in [-0.4, -0.2) is 29.2 Å². The second-order valence-electron chi connectivity index (χ2n) is 8.55. The lowest BCUT2D eigenvalue weighted by molar-refractivity contribution is -0.168. The predicted octanol–water partition coefficient (Wildman–Crippen LogP) is 4.18. The number of piperidine rings is 1. The minimum Gasteiger partial charge on any atom is -0.326 e. The molecule has 1 saturated carbocycles. The van der Waals surface area contributed by atoms with Crippen molar-refractivity contribution < 1.29 is 14.4 Å². The number of rotatable bonds is 5. The molecule has 1 aromatic carbocycles. The monoisotopic (exact) mass is 390 g/mol. The van der Waals surface area contributed by atoms with E-state index in [1.54, 1.807) is 18.2 Å². The number of nitrogens with zero attached hydrogens (tertiary/aromatic N) is 1. The Bertz CT molecular complexity index is 805. The molecule has 1 N–H and O–H groups in total. The van der Waals surface area contributed by atoms with Gasteiger partial charge in [-0.1, -0.05) is 32.4 Å². The summed E-state index contributed by atoms with van der Waals surface area (Å²) in [5.74, 6) is -0.397. The highest BCUT2D eigenvalue weighted by atomic mass is 35.5. The molecule has 0 aromatic heterocycles. The number of carbonyl (C=O) groups excluding carboxylic acids is 3. The fourth-order valence-corrected chi connectivity index (χ4v) is 4.72. The van der Waals surface area contributed by atoms with Gasteiger partial charge in [-0.05, 0) is 55.4 Å². The molecule has 1 aliphatic carbocycles. The van der Waals surface area contributed by atoms with Crippen LogP contribution in [0.15, 0.2) is 18.2 Å². The Morgan fingerprint density at radius 3 is 2.67 bits per heavy atom. The summed E-state index contributed by atoms with van der Waals surface area (Å²) in [6.45, 7) is 8.21. The molecule has 1 aromatic rings. The first kappa shape index (κ1) is 19.9. The van der Waals surface area contributed by atoms with E-state index in [0.29, 0.717) is 18.0 Å². The normalized spacial score (nSPS) is 26.4. The van der Waals surface area contributed by atoms with Crippen molar-refractivity contribution in [3.63, 3.8) is 0 Å². The standard InChI is InChI=1S/C21H27ClN2O3/c1-13-12-14(22)7-8-16(13)23-17(25)6-5-11-24-18(26)15-9-10-21(4,19(24)27)20(15,2)3/h7-8,12,15H,5-6,9-11H2,1-4H3,(H,23,25). The van der Waals surface area contributed by atoms with E-state index in [1.807, 2.05) is 27.7 Å². The summed E-state index contributed by atoms with van der Waals surface area (Å²) in [6, 6.07) is 5.29. The lowest BCUT2D eigenvalue weighted by atomic mass is 9.62. The Morgan fingerprint density at radius 2 is 2.00 bits per heavy atom. The van der Waals surface area contributed by atoms with Gasteiger partial charge in [0.05, 0.1) is 5.41 Å². The van der Waals surface area contributed by atoms with E-state index in [2.05, 4.69) is 5.32 Å². The van der Waals surface area contributed by atoms with Gasteiger partial charge < -0.3 is 5.32 Å². The lowest BCUT2D eigenvalue weighted by Gasteiger charge is -2.47. The quantitative estimate of drug-likeness (QED) is 0.767. The van der Waals surface area contributed by atoms with Gasteiger partial charge in [0, 0.05) is 29.6 Å². The molecule has 3 amide bonds. The Hall–Kier alpha value is -1.88.